The lowest BCUT2D eigenvalue weighted by Crippen LogP contribution is -2.00. The summed E-state index contributed by atoms with van der Waals surface area (Å²) in [7, 11) is 2.10. The molecule has 0 amide bonds. The number of benzene rings is 2. The first kappa shape index (κ1) is 13.5. The van der Waals surface area contributed by atoms with Crippen molar-refractivity contribution in [3.8, 4) is 0 Å². The first-order valence-electron chi connectivity index (χ1n) is 6.68. The number of halogens is 1. The van der Waals surface area contributed by atoms with E-state index < -0.39 is 0 Å². The summed E-state index contributed by atoms with van der Waals surface area (Å²) >= 11 is 2.35. The van der Waals surface area contributed by atoms with Crippen LogP contribution >= 0.6 is 22.6 Å². The monoisotopic (exact) mass is 376 g/mol. The first-order chi connectivity index (χ1) is 9.65. The smallest absolute Gasteiger partial charge is 0.0481 e. The molecule has 0 fully saturated rings. The van der Waals surface area contributed by atoms with Gasteiger partial charge in [-0.25, -0.2) is 0 Å². The van der Waals surface area contributed by atoms with E-state index in [4.69, 9.17) is 0 Å². The summed E-state index contributed by atoms with van der Waals surface area (Å²) in [5, 5.41) is 4.87. The fourth-order valence-electron chi connectivity index (χ4n) is 2.58. The minimum absolute atomic E-state index is 0.850. The molecule has 1 heterocycles. The van der Waals surface area contributed by atoms with E-state index in [1.807, 2.05) is 0 Å². The Morgan fingerprint density at radius 2 is 1.95 bits per heavy atom. The molecule has 2 aromatic carbocycles. The van der Waals surface area contributed by atoms with E-state index >= 15 is 0 Å². The largest absolute Gasteiger partial charge is 0.381 e. The predicted molar refractivity (Wildman–Crippen MR) is 94.1 cm³/mol. The number of aryl methyl sites for hydroxylation is 2. The molecule has 0 unspecified atom stereocenters. The number of fused-ring (bicyclic) bond motifs is 1. The molecular formula is C17H17IN2. The van der Waals surface area contributed by atoms with Gasteiger partial charge in [0.15, 0.2) is 0 Å². The summed E-state index contributed by atoms with van der Waals surface area (Å²) in [4.78, 5) is 0. The Morgan fingerprint density at radius 1 is 1.15 bits per heavy atom. The topological polar surface area (TPSA) is 17.0 Å². The highest BCUT2D eigenvalue weighted by Crippen LogP contribution is 2.23. The van der Waals surface area contributed by atoms with Crippen LogP contribution in [0.1, 0.15) is 11.1 Å². The van der Waals surface area contributed by atoms with Gasteiger partial charge in [0.25, 0.3) is 0 Å². The summed E-state index contributed by atoms with van der Waals surface area (Å²) in [6, 6.07) is 15.0. The van der Waals surface area contributed by atoms with Gasteiger partial charge in [0.2, 0.25) is 0 Å². The third-order valence-corrected chi connectivity index (χ3v) is 4.31. The van der Waals surface area contributed by atoms with Gasteiger partial charge in [-0.05, 0) is 64.9 Å². The average molecular weight is 376 g/mol. The molecule has 0 spiro atoms. The SMILES string of the molecule is Cc1cc(I)ccc1NCc1cn(C)c2ccccc12. The van der Waals surface area contributed by atoms with Gasteiger partial charge in [0.1, 0.15) is 0 Å². The zero-order chi connectivity index (χ0) is 14.1. The summed E-state index contributed by atoms with van der Waals surface area (Å²) in [6.07, 6.45) is 2.21. The number of hydrogen-bond donors (Lipinski definition) is 1. The number of para-hydroxylation sites is 1. The molecule has 3 rings (SSSR count). The number of rotatable bonds is 3. The van der Waals surface area contributed by atoms with Crippen molar-refractivity contribution in [2.45, 2.75) is 13.5 Å². The molecule has 0 aliphatic carbocycles. The third kappa shape index (κ3) is 2.54. The van der Waals surface area contributed by atoms with Crippen LogP contribution < -0.4 is 5.32 Å². The standard InChI is InChI=1S/C17H17IN2/c1-12-9-14(18)7-8-16(12)19-10-13-11-20(2)17-6-4-3-5-15(13)17/h3-9,11,19H,10H2,1-2H3. The van der Waals surface area contributed by atoms with E-state index in [0.717, 1.165) is 6.54 Å². The Morgan fingerprint density at radius 3 is 2.75 bits per heavy atom. The molecule has 3 heteroatoms. The normalized spacial score (nSPS) is 10.9. The molecule has 0 atom stereocenters. The van der Waals surface area contributed by atoms with Gasteiger partial charge in [-0.15, -0.1) is 0 Å². The second-order valence-corrected chi connectivity index (χ2v) is 6.34. The number of anilines is 1. The summed E-state index contributed by atoms with van der Waals surface area (Å²) in [5.74, 6) is 0. The van der Waals surface area contributed by atoms with Crippen LogP contribution in [0, 0.1) is 10.5 Å². The van der Waals surface area contributed by atoms with Gasteiger partial charge in [-0.3, -0.25) is 0 Å². The first-order valence-corrected chi connectivity index (χ1v) is 7.76. The van der Waals surface area contributed by atoms with Crippen LogP contribution in [-0.2, 0) is 13.6 Å². The Bertz CT molecular complexity index is 759. The van der Waals surface area contributed by atoms with Gasteiger partial charge in [-0.1, -0.05) is 18.2 Å². The number of aromatic nitrogens is 1. The molecule has 3 aromatic rings. The van der Waals surface area contributed by atoms with Crippen LogP contribution in [0.4, 0.5) is 5.69 Å². The summed E-state index contributed by atoms with van der Waals surface area (Å²) in [6.45, 7) is 3.00. The molecule has 0 bridgehead atoms. The molecule has 0 aliphatic rings. The van der Waals surface area contributed by atoms with E-state index in [0.29, 0.717) is 0 Å². The van der Waals surface area contributed by atoms with Gasteiger partial charge < -0.3 is 9.88 Å². The van der Waals surface area contributed by atoms with Crippen molar-refractivity contribution in [2.75, 3.05) is 5.32 Å². The Labute approximate surface area is 132 Å². The quantitative estimate of drug-likeness (QED) is 0.656. The maximum Gasteiger partial charge on any atom is 0.0481 e. The predicted octanol–water partition coefficient (Wildman–Crippen LogP) is 4.70. The van der Waals surface area contributed by atoms with E-state index in [9.17, 15) is 0 Å². The van der Waals surface area contributed by atoms with E-state index in [-0.39, 0.29) is 0 Å². The van der Waals surface area contributed by atoms with Crippen molar-refractivity contribution in [1.82, 2.24) is 4.57 Å². The number of nitrogens with one attached hydrogen (secondary N) is 1. The highest BCUT2D eigenvalue weighted by molar-refractivity contribution is 14.1. The van der Waals surface area contributed by atoms with Crippen LogP contribution in [0.3, 0.4) is 0 Å². The second kappa shape index (κ2) is 5.48. The fourth-order valence-corrected chi connectivity index (χ4v) is 3.23. The number of nitrogens with zero attached hydrogens (tertiary/aromatic N) is 1. The van der Waals surface area contributed by atoms with E-state index in [1.54, 1.807) is 0 Å². The third-order valence-electron chi connectivity index (χ3n) is 3.64. The second-order valence-electron chi connectivity index (χ2n) is 5.10. The van der Waals surface area contributed by atoms with Gasteiger partial charge >= 0.3 is 0 Å². The summed E-state index contributed by atoms with van der Waals surface area (Å²) < 4.78 is 3.46. The molecule has 2 nitrogen and oxygen atoms in total. The lowest BCUT2D eigenvalue weighted by molar-refractivity contribution is 0.955. The van der Waals surface area contributed by atoms with Crippen LogP contribution in [0.15, 0.2) is 48.7 Å². The van der Waals surface area contributed by atoms with E-state index in [2.05, 4.69) is 95.1 Å². The highest BCUT2D eigenvalue weighted by Gasteiger charge is 2.06. The molecule has 0 saturated heterocycles. The molecule has 102 valence electrons. The zero-order valence-corrected chi connectivity index (χ0v) is 13.8. The van der Waals surface area contributed by atoms with Crippen LogP contribution in [0.25, 0.3) is 10.9 Å². The Kier molecular flexibility index (Phi) is 3.70. The van der Waals surface area contributed by atoms with Crippen LogP contribution in [-0.4, -0.2) is 4.57 Å². The zero-order valence-electron chi connectivity index (χ0n) is 11.7. The number of hydrogen-bond acceptors (Lipinski definition) is 1. The molecule has 0 radical (unpaired) electrons. The van der Waals surface area contributed by atoms with Crippen molar-refractivity contribution < 1.29 is 0 Å². The highest BCUT2D eigenvalue weighted by atomic mass is 127. The van der Waals surface area contributed by atoms with Crippen LogP contribution in [0.5, 0.6) is 0 Å². The minimum Gasteiger partial charge on any atom is -0.381 e. The molecule has 1 aromatic heterocycles. The maximum absolute atomic E-state index is 3.55. The van der Waals surface area contributed by atoms with Gasteiger partial charge in [0, 0.05) is 39.9 Å². The van der Waals surface area contributed by atoms with Crippen molar-refractivity contribution in [1.29, 1.82) is 0 Å². The van der Waals surface area contributed by atoms with Crippen LogP contribution in [0.2, 0.25) is 0 Å². The van der Waals surface area contributed by atoms with Crippen molar-refractivity contribution in [3.63, 3.8) is 0 Å². The molecule has 1 N–H and O–H groups in total. The summed E-state index contributed by atoms with van der Waals surface area (Å²) in [5.41, 5.74) is 5.11. The fraction of sp³-hybridized carbons (Fsp3) is 0.176. The van der Waals surface area contributed by atoms with Gasteiger partial charge in [0.05, 0.1) is 0 Å². The maximum atomic E-state index is 3.55. The van der Waals surface area contributed by atoms with Crippen molar-refractivity contribution in [3.05, 3.63) is 63.4 Å². The van der Waals surface area contributed by atoms with Crippen molar-refractivity contribution >= 4 is 39.2 Å². The molecule has 0 saturated carbocycles. The lowest BCUT2D eigenvalue weighted by Gasteiger charge is -2.09. The van der Waals surface area contributed by atoms with Crippen molar-refractivity contribution in [2.24, 2.45) is 7.05 Å². The Balaban J connectivity index is 1.87. The molecule has 0 aliphatic heterocycles. The van der Waals surface area contributed by atoms with Gasteiger partial charge in [-0.2, -0.15) is 0 Å². The lowest BCUT2D eigenvalue weighted by atomic mass is 10.1. The average Bonchev–Trinajstić information content (AvgIpc) is 2.75. The molecular weight excluding hydrogens is 359 g/mol. The Hall–Kier alpha value is -1.49. The minimum atomic E-state index is 0.850. The molecule has 20 heavy (non-hydrogen) atoms. The van der Waals surface area contributed by atoms with E-state index in [1.165, 1.54) is 31.3 Å².